The molecule has 0 bridgehead atoms. The van der Waals surface area contributed by atoms with Gasteiger partial charge in [0.25, 0.3) is 11.8 Å². The zero-order chi connectivity index (χ0) is 30.9. The largest absolute Gasteiger partial charge is 0.338 e. The molecule has 1 aliphatic rings. The number of halogens is 2. The van der Waals surface area contributed by atoms with Crippen LogP contribution >= 0.6 is 0 Å². The number of nitrogens with zero attached hydrogens (tertiary/aromatic N) is 8. The maximum atomic E-state index is 13.8. The van der Waals surface area contributed by atoms with Gasteiger partial charge in [0.05, 0.1) is 23.9 Å². The molecule has 45 heavy (non-hydrogen) atoms. The van der Waals surface area contributed by atoms with Crippen LogP contribution in [0.5, 0.6) is 0 Å². The maximum absolute atomic E-state index is 13.8. The van der Waals surface area contributed by atoms with Gasteiger partial charge in [0, 0.05) is 60.5 Å². The van der Waals surface area contributed by atoms with E-state index in [1.165, 1.54) is 24.4 Å². The molecule has 1 N–H and O–H groups in total. The number of fused-ring (bicyclic) bond motifs is 1. The lowest BCUT2D eigenvalue weighted by Crippen LogP contribution is -2.39. The number of imidazole rings is 2. The summed E-state index contributed by atoms with van der Waals surface area (Å²) >= 11 is 0. The first-order valence-corrected chi connectivity index (χ1v) is 14.2. The van der Waals surface area contributed by atoms with E-state index in [4.69, 9.17) is 10.1 Å². The van der Waals surface area contributed by atoms with Crippen LogP contribution in [0.1, 0.15) is 39.6 Å². The van der Waals surface area contributed by atoms with Crippen LogP contribution < -0.4 is 5.32 Å². The second kappa shape index (κ2) is 11.7. The number of nitrogens with one attached hydrogen (secondary N) is 1. The summed E-state index contributed by atoms with van der Waals surface area (Å²) < 4.78 is 30.9. The minimum atomic E-state index is -0.761. The Morgan fingerprint density at radius 1 is 0.867 bits per heavy atom. The lowest BCUT2D eigenvalue weighted by Gasteiger charge is -2.33. The van der Waals surface area contributed by atoms with E-state index < -0.39 is 11.9 Å². The summed E-state index contributed by atoms with van der Waals surface area (Å²) in [6, 6.07) is 15.6. The van der Waals surface area contributed by atoms with Crippen LogP contribution in [0, 0.1) is 11.8 Å². The fraction of sp³-hybridized carbons (Fsp3) is 0.156. The first-order chi connectivity index (χ1) is 21.9. The summed E-state index contributed by atoms with van der Waals surface area (Å²) in [5, 5.41) is 7.47. The molecule has 0 spiro atoms. The average Bonchev–Trinajstić information content (AvgIpc) is 3.69. The molecular formula is C32H25F2N9O2. The Morgan fingerprint density at radius 2 is 1.62 bits per heavy atom. The number of hydrogen-bond donors (Lipinski definition) is 1. The number of benzene rings is 1. The molecule has 13 heteroatoms. The number of pyridine rings is 2. The Bertz CT molecular complexity index is 2020. The van der Waals surface area contributed by atoms with Gasteiger partial charge in [0.1, 0.15) is 11.5 Å². The highest BCUT2D eigenvalue weighted by Gasteiger charge is 2.28. The van der Waals surface area contributed by atoms with Gasteiger partial charge in [-0.05, 0) is 67.4 Å². The minimum absolute atomic E-state index is 0.0269. The van der Waals surface area contributed by atoms with Crippen molar-refractivity contribution in [3.8, 4) is 22.6 Å². The zero-order valence-corrected chi connectivity index (χ0v) is 23.7. The van der Waals surface area contributed by atoms with Crippen LogP contribution in [0.25, 0.3) is 28.3 Å². The van der Waals surface area contributed by atoms with Crippen LogP contribution in [0.4, 0.5) is 14.6 Å². The number of piperidine rings is 1. The van der Waals surface area contributed by atoms with E-state index in [1.54, 1.807) is 59.8 Å². The summed E-state index contributed by atoms with van der Waals surface area (Å²) in [6.45, 7) is 1.13. The SMILES string of the molecule is O=C(Nc1cn2nc(-c3c(-c4ccc(F)cc4)ncn3C3CCN(C(=O)c4ccncc4)CC3)ccc2n1)c1ccnc(F)c1. The van der Waals surface area contributed by atoms with Crippen LogP contribution in [0.15, 0.2) is 91.8 Å². The number of amides is 2. The summed E-state index contributed by atoms with van der Waals surface area (Å²) in [4.78, 5) is 44.1. The molecule has 224 valence electrons. The number of hydrogen-bond acceptors (Lipinski definition) is 7. The Kier molecular flexibility index (Phi) is 7.25. The molecule has 2 amide bonds. The van der Waals surface area contributed by atoms with E-state index in [1.807, 2.05) is 11.0 Å². The van der Waals surface area contributed by atoms with Crippen molar-refractivity contribution < 1.29 is 18.4 Å². The van der Waals surface area contributed by atoms with Gasteiger partial charge in [-0.25, -0.2) is 23.9 Å². The molecule has 0 aliphatic carbocycles. The molecular weight excluding hydrogens is 580 g/mol. The van der Waals surface area contributed by atoms with Crippen LogP contribution in [-0.2, 0) is 0 Å². The Hall–Kier alpha value is -5.85. The van der Waals surface area contributed by atoms with Crippen molar-refractivity contribution in [3.05, 3.63) is 115 Å². The first kappa shape index (κ1) is 28.0. The van der Waals surface area contributed by atoms with Crippen molar-refractivity contribution in [3.63, 3.8) is 0 Å². The Balaban J connectivity index is 1.20. The normalized spacial score (nSPS) is 13.7. The van der Waals surface area contributed by atoms with Crippen molar-refractivity contribution in [2.75, 3.05) is 18.4 Å². The minimum Gasteiger partial charge on any atom is -0.338 e. The maximum Gasteiger partial charge on any atom is 0.257 e. The van der Waals surface area contributed by atoms with Gasteiger partial charge in [0.15, 0.2) is 11.5 Å². The molecule has 6 heterocycles. The van der Waals surface area contributed by atoms with E-state index in [0.717, 1.165) is 17.3 Å². The standard InChI is InChI=1S/C32H25F2N9O2/c33-23-3-1-20(2-4-23)29-30(42(19-37-29)24-10-15-41(16-11-24)32(45)21-7-12-35-13-8-21)25-5-6-28-38-27(18-43(28)40-25)39-31(44)22-9-14-36-26(34)17-22/h1-9,12-14,17-19,24H,10-11,15-16H2,(H,39,44). The molecule has 1 fully saturated rings. The van der Waals surface area contributed by atoms with Crippen molar-refractivity contribution in [1.82, 2.24) is 39.0 Å². The topological polar surface area (TPSA) is 123 Å². The second-order valence-corrected chi connectivity index (χ2v) is 10.6. The first-order valence-electron chi connectivity index (χ1n) is 14.2. The van der Waals surface area contributed by atoms with E-state index in [9.17, 15) is 18.4 Å². The fourth-order valence-electron chi connectivity index (χ4n) is 5.54. The van der Waals surface area contributed by atoms with Crippen LogP contribution in [0.2, 0.25) is 0 Å². The Morgan fingerprint density at radius 3 is 2.38 bits per heavy atom. The second-order valence-electron chi connectivity index (χ2n) is 10.6. The number of likely N-dealkylation sites (tertiary alicyclic amines) is 1. The third kappa shape index (κ3) is 5.62. The van der Waals surface area contributed by atoms with Gasteiger partial charge < -0.3 is 14.8 Å². The molecule has 0 saturated carbocycles. The molecule has 1 aromatic carbocycles. The van der Waals surface area contributed by atoms with E-state index >= 15 is 0 Å². The van der Waals surface area contributed by atoms with Gasteiger partial charge in [-0.15, -0.1) is 0 Å². The van der Waals surface area contributed by atoms with Crippen molar-refractivity contribution in [2.45, 2.75) is 18.9 Å². The summed E-state index contributed by atoms with van der Waals surface area (Å²) in [5.74, 6) is -1.44. The van der Waals surface area contributed by atoms with Crippen molar-refractivity contribution in [2.24, 2.45) is 0 Å². The third-order valence-electron chi connectivity index (χ3n) is 7.78. The molecule has 5 aromatic heterocycles. The van der Waals surface area contributed by atoms with Gasteiger partial charge in [0.2, 0.25) is 5.95 Å². The van der Waals surface area contributed by atoms with Gasteiger partial charge in [-0.3, -0.25) is 14.6 Å². The number of carbonyl (C=O) groups is 2. The Labute approximate surface area is 255 Å². The third-order valence-corrected chi connectivity index (χ3v) is 7.78. The highest BCUT2D eigenvalue weighted by molar-refractivity contribution is 6.03. The summed E-state index contributed by atoms with van der Waals surface area (Å²) in [6.07, 6.45) is 9.15. The molecule has 1 saturated heterocycles. The number of rotatable bonds is 6. The van der Waals surface area contributed by atoms with Crippen LogP contribution in [0.3, 0.4) is 0 Å². The lowest BCUT2D eigenvalue weighted by molar-refractivity contribution is 0.0695. The van der Waals surface area contributed by atoms with E-state index in [2.05, 4.69) is 24.8 Å². The van der Waals surface area contributed by atoms with Crippen molar-refractivity contribution in [1.29, 1.82) is 0 Å². The highest BCUT2D eigenvalue weighted by atomic mass is 19.1. The molecule has 6 aromatic rings. The van der Waals surface area contributed by atoms with Gasteiger partial charge in [-0.1, -0.05) is 0 Å². The number of aromatic nitrogens is 7. The van der Waals surface area contributed by atoms with Crippen LogP contribution in [-0.4, -0.2) is 63.9 Å². The molecule has 0 atom stereocenters. The fourth-order valence-corrected chi connectivity index (χ4v) is 5.54. The van der Waals surface area contributed by atoms with E-state index in [0.29, 0.717) is 48.5 Å². The highest BCUT2D eigenvalue weighted by Crippen LogP contribution is 2.35. The molecule has 11 nitrogen and oxygen atoms in total. The predicted molar refractivity (Wildman–Crippen MR) is 160 cm³/mol. The van der Waals surface area contributed by atoms with Gasteiger partial charge >= 0.3 is 0 Å². The smallest absolute Gasteiger partial charge is 0.257 e. The monoisotopic (exact) mass is 605 g/mol. The van der Waals surface area contributed by atoms with Gasteiger partial charge in [-0.2, -0.15) is 9.49 Å². The number of anilines is 1. The molecule has 0 unspecified atom stereocenters. The van der Waals surface area contributed by atoms with E-state index in [-0.39, 0.29) is 29.1 Å². The number of carbonyl (C=O) groups excluding carboxylic acids is 2. The molecule has 1 aliphatic heterocycles. The summed E-state index contributed by atoms with van der Waals surface area (Å²) in [5.41, 5.74) is 3.86. The zero-order valence-electron chi connectivity index (χ0n) is 23.7. The van der Waals surface area contributed by atoms with Crippen molar-refractivity contribution >= 4 is 23.3 Å². The molecule has 0 radical (unpaired) electrons. The predicted octanol–water partition coefficient (Wildman–Crippen LogP) is 5.06. The quantitative estimate of drug-likeness (QED) is 0.263. The average molecular weight is 606 g/mol. The lowest BCUT2D eigenvalue weighted by atomic mass is 10.0. The molecule has 7 rings (SSSR count). The summed E-state index contributed by atoms with van der Waals surface area (Å²) in [7, 11) is 0.